The maximum Gasteiger partial charge on any atom is 0.137 e. The summed E-state index contributed by atoms with van der Waals surface area (Å²) in [6, 6.07) is 6.22. The number of rotatable bonds is 7. The van der Waals surface area contributed by atoms with E-state index in [1.807, 2.05) is 39.9 Å². The Balaban J connectivity index is 1.31. The number of anilines is 1. The van der Waals surface area contributed by atoms with Crippen molar-refractivity contribution in [2.45, 2.75) is 25.9 Å². The number of nitrogens with one attached hydrogen (secondary N) is 1. The number of hydrogen-bond donors (Lipinski definition) is 1. The molecule has 0 saturated carbocycles. The Labute approximate surface area is 180 Å². The van der Waals surface area contributed by atoms with Crippen molar-refractivity contribution in [3.05, 3.63) is 60.4 Å². The highest BCUT2D eigenvalue weighted by Gasteiger charge is 2.14. The molecule has 1 fully saturated rings. The maximum atomic E-state index is 5.29. The molecule has 5 heterocycles. The second-order valence-electron chi connectivity index (χ2n) is 7.77. The van der Waals surface area contributed by atoms with Crippen molar-refractivity contribution < 1.29 is 0 Å². The summed E-state index contributed by atoms with van der Waals surface area (Å²) in [5, 5.41) is 11.9. The lowest BCUT2D eigenvalue weighted by Crippen LogP contribution is -2.17. The molecule has 8 heteroatoms. The molecule has 0 bridgehead atoms. The van der Waals surface area contributed by atoms with Crippen LogP contribution in [0.2, 0.25) is 0 Å². The zero-order chi connectivity index (χ0) is 21.0. The normalized spacial score (nSPS) is 13.7. The first-order valence-corrected chi connectivity index (χ1v) is 10.5. The van der Waals surface area contributed by atoms with Crippen LogP contribution in [-0.2, 0) is 13.1 Å². The van der Waals surface area contributed by atoms with Crippen LogP contribution in [0.3, 0.4) is 0 Å². The van der Waals surface area contributed by atoms with Gasteiger partial charge in [-0.15, -0.1) is 11.5 Å². The van der Waals surface area contributed by atoms with E-state index in [0.717, 1.165) is 53.5 Å². The Kier molecular flexibility index (Phi) is 5.33. The molecular formula is C23H24N8. The first-order chi connectivity index (χ1) is 15.3. The molecule has 1 saturated heterocycles. The number of nitrogens with zero attached hydrogens (tertiary/aromatic N) is 7. The van der Waals surface area contributed by atoms with Crippen molar-refractivity contribution in [1.82, 2.24) is 34.7 Å². The minimum atomic E-state index is 0.554. The smallest absolute Gasteiger partial charge is 0.137 e. The van der Waals surface area contributed by atoms with Gasteiger partial charge in [0.25, 0.3) is 0 Å². The number of pyridine rings is 2. The largest absolute Gasteiger partial charge is 0.370 e. The first-order valence-electron chi connectivity index (χ1n) is 10.5. The number of aromatic nitrogens is 6. The van der Waals surface area contributed by atoms with E-state index in [0.29, 0.717) is 13.1 Å². The highest BCUT2D eigenvalue weighted by atomic mass is 15.4. The van der Waals surface area contributed by atoms with Crippen LogP contribution in [0.25, 0.3) is 16.9 Å². The molecule has 1 aliphatic heterocycles. The fourth-order valence-electron chi connectivity index (χ4n) is 3.94. The van der Waals surface area contributed by atoms with E-state index in [-0.39, 0.29) is 0 Å². The Bertz CT molecular complexity index is 1230. The molecule has 0 atom stereocenters. The zero-order valence-electron chi connectivity index (χ0n) is 17.3. The predicted molar refractivity (Wildman–Crippen MR) is 120 cm³/mol. The molecule has 0 radical (unpaired) electrons. The fraction of sp³-hybridized carbons (Fsp3) is 0.304. The molecule has 1 aliphatic rings. The molecule has 0 amide bonds. The van der Waals surface area contributed by atoms with E-state index in [1.54, 1.807) is 0 Å². The van der Waals surface area contributed by atoms with Gasteiger partial charge in [0.1, 0.15) is 11.3 Å². The minimum Gasteiger partial charge on any atom is -0.370 e. The van der Waals surface area contributed by atoms with Crippen LogP contribution in [-0.4, -0.2) is 49.0 Å². The summed E-state index contributed by atoms with van der Waals surface area (Å²) >= 11 is 0. The SMILES string of the molecule is C#CCNCc1ccc2nc(Cn3cc(-c4cncc(N5CCCC5)c4)nn3)cn2c1. The molecule has 4 aromatic rings. The van der Waals surface area contributed by atoms with Crippen molar-refractivity contribution in [3.8, 4) is 23.6 Å². The van der Waals surface area contributed by atoms with Gasteiger partial charge in [-0.3, -0.25) is 4.98 Å². The fourth-order valence-corrected chi connectivity index (χ4v) is 3.94. The van der Waals surface area contributed by atoms with Crippen LogP contribution in [0.4, 0.5) is 5.69 Å². The molecule has 156 valence electrons. The van der Waals surface area contributed by atoms with Crippen molar-refractivity contribution in [3.63, 3.8) is 0 Å². The summed E-state index contributed by atoms with van der Waals surface area (Å²) in [7, 11) is 0. The van der Waals surface area contributed by atoms with Gasteiger partial charge in [0.05, 0.1) is 36.9 Å². The zero-order valence-corrected chi connectivity index (χ0v) is 17.3. The van der Waals surface area contributed by atoms with E-state index in [2.05, 4.69) is 49.8 Å². The van der Waals surface area contributed by atoms with Crippen molar-refractivity contribution in [1.29, 1.82) is 0 Å². The van der Waals surface area contributed by atoms with Gasteiger partial charge in [0, 0.05) is 43.8 Å². The Morgan fingerprint density at radius 1 is 1.10 bits per heavy atom. The van der Waals surface area contributed by atoms with E-state index in [4.69, 9.17) is 11.4 Å². The molecule has 0 spiro atoms. The molecule has 31 heavy (non-hydrogen) atoms. The summed E-state index contributed by atoms with van der Waals surface area (Å²) in [5.74, 6) is 2.59. The molecule has 1 N–H and O–H groups in total. The highest BCUT2D eigenvalue weighted by Crippen LogP contribution is 2.24. The second kappa shape index (κ2) is 8.58. The van der Waals surface area contributed by atoms with Gasteiger partial charge < -0.3 is 14.6 Å². The highest BCUT2D eigenvalue weighted by molar-refractivity contribution is 5.63. The van der Waals surface area contributed by atoms with Gasteiger partial charge in [-0.25, -0.2) is 9.67 Å². The summed E-state index contributed by atoms with van der Waals surface area (Å²) in [4.78, 5) is 11.5. The van der Waals surface area contributed by atoms with Crippen LogP contribution in [0.5, 0.6) is 0 Å². The molecule has 0 aliphatic carbocycles. The topological polar surface area (TPSA) is 76.2 Å². The second-order valence-corrected chi connectivity index (χ2v) is 7.77. The monoisotopic (exact) mass is 412 g/mol. The number of imidazole rings is 1. The Hall–Kier alpha value is -3.70. The molecule has 5 rings (SSSR count). The van der Waals surface area contributed by atoms with E-state index in [9.17, 15) is 0 Å². The van der Waals surface area contributed by atoms with Crippen LogP contribution < -0.4 is 10.2 Å². The third-order valence-corrected chi connectivity index (χ3v) is 5.47. The average Bonchev–Trinajstić information content (AvgIpc) is 3.55. The number of fused-ring (bicyclic) bond motifs is 1. The standard InChI is InChI=1S/C23H24N8/c1-2-7-24-11-18-5-6-23-26-20(15-30(23)14-18)16-31-17-22(27-28-31)19-10-21(13-25-12-19)29-8-3-4-9-29/h1,5-6,10,12-15,17,24H,3-4,7-9,11,16H2. The summed E-state index contributed by atoms with van der Waals surface area (Å²) in [6.07, 6.45) is 17.6. The van der Waals surface area contributed by atoms with E-state index < -0.39 is 0 Å². The molecule has 0 unspecified atom stereocenters. The third kappa shape index (κ3) is 4.27. The number of terminal acetylenes is 1. The first kappa shape index (κ1) is 19.3. The lowest BCUT2D eigenvalue weighted by Gasteiger charge is -2.17. The molecule has 0 aromatic carbocycles. The van der Waals surface area contributed by atoms with Crippen LogP contribution in [0.15, 0.2) is 49.2 Å². The molecule has 4 aromatic heterocycles. The summed E-state index contributed by atoms with van der Waals surface area (Å²) < 4.78 is 3.85. The van der Waals surface area contributed by atoms with Crippen molar-refractivity contribution in [2.75, 3.05) is 24.5 Å². The van der Waals surface area contributed by atoms with Gasteiger partial charge in [0.2, 0.25) is 0 Å². The minimum absolute atomic E-state index is 0.554. The van der Waals surface area contributed by atoms with Crippen molar-refractivity contribution >= 4 is 11.3 Å². The van der Waals surface area contributed by atoms with E-state index >= 15 is 0 Å². The van der Waals surface area contributed by atoms with Crippen molar-refractivity contribution in [2.24, 2.45) is 0 Å². The van der Waals surface area contributed by atoms with Crippen LogP contribution in [0.1, 0.15) is 24.1 Å². The van der Waals surface area contributed by atoms with Gasteiger partial charge in [0.15, 0.2) is 0 Å². The predicted octanol–water partition coefficient (Wildman–Crippen LogP) is 2.36. The molecule has 8 nitrogen and oxygen atoms in total. The quantitative estimate of drug-likeness (QED) is 0.371. The van der Waals surface area contributed by atoms with Gasteiger partial charge >= 0.3 is 0 Å². The number of hydrogen-bond acceptors (Lipinski definition) is 6. The van der Waals surface area contributed by atoms with E-state index in [1.165, 1.54) is 12.8 Å². The third-order valence-electron chi connectivity index (χ3n) is 5.47. The molecular weight excluding hydrogens is 388 g/mol. The maximum absolute atomic E-state index is 5.29. The Morgan fingerprint density at radius 2 is 2.00 bits per heavy atom. The Morgan fingerprint density at radius 3 is 2.87 bits per heavy atom. The van der Waals surface area contributed by atoms with Gasteiger partial charge in [-0.2, -0.15) is 0 Å². The van der Waals surface area contributed by atoms with Gasteiger partial charge in [-0.1, -0.05) is 17.2 Å². The van der Waals surface area contributed by atoms with Crippen LogP contribution in [0, 0.1) is 12.3 Å². The van der Waals surface area contributed by atoms with Crippen LogP contribution >= 0.6 is 0 Å². The lowest BCUT2D eigenvalue weighted by atomic mass is 10.2. The lowest BCUT2D eigenvalue weighted by molar-refractivity contribution is 0.641. The average molecular weight is 413 g/mol. The summed E-state index contributed by atoms with van der Waals surface area (Å²) in [6.45, 7) is 4.02. The van der Waals surface area contributed by atoms with Gasteiger partial charge in [-0.05, 0) is 30.5 Å². The summed E-state index contributed by atoms with van der Waals surface area (Å²) in [5.41, 5.74) is 5.93.